The number of hydrogen-bond acceptors (Lipinski definition) is 2. The fourth-order valence-corrected chi connectivity index (χ4v) is 0.671. The predicted molar refractivity (Wildman–Crippen MR) is 37.1 cm³/mol. The van der Waals surface area contributed by atoms with Crippen LogP contribution in [0.5, 0.6) is 0 Å². The van der Waals surface area contributed by atoms with Crippen LogP contribution in [0.3, 0.4) is 0 Å². The lowest BCUT2D eigenvalue weighted by atomic mass is 10.3. The molecule has 3 nitrogen and oxygen atoms in total. The molecule has 0 aromatic carbocycles. The Morgan fingerprint density at radius 2 is 2.60 bits per heavy atom. The van der Waals surface area contributed by atoms with Gasteiger partial charge in [-0.3, -0.25) is 4.98 Å². The number of allylic oxidation sites excluding steroid dienone is 1. The van der Waals surface area contributed by atoms with Crippen LogP contribution in [0.4, 0.5) is 0 Å². The van der Waals surface area contributed by atoms with Gasteiger partial charge >= 0.3 is 0 Å². The summed E-state index contributed by atoms with van der Waals surface area (Å²) in [6, 6.07) is 0. The second-order valence-electron chi connectivity index (χ2n) is 1.89. The van der Waals surface area contributed by atoms with E-state index in [9.17, 15) is 5.21 Å². The molecule has 10 heavy (non-hydrogen) atoms. The average Bonchev–Trinajstić information content (AvgIpc) is 1.94. The summed E-state index contributed by atoms with van der Waals surface area (Å²) in [4.78, 5) is 3.80. The van der Waals surface area contributed by atoms with Crippen molar-refractivity contribution in [1.29, 1.82) is 0 Å². The van der Waals surface area contributed by atoms with Crippen LogP contribution in [0.25, 0.3) is 0 Å². The van der Waals surface area contributed by atoms with Crippen molar-refractivity contribution in [2.45, 2.75) is 6.42 Å². The van der Waals surface area contributed by atoms with Gasteiger partial charge in [0.2, 0.25) is 5.69 Å². The van der Waals surface area contributed by atoms with Gasteiger partial charge in [0.1, 0.15) is 0 Å². The van der Waals surface area contributed by atoms with Crippen LogP contribution in [0.1, 0.15) is 5.69 Å². The van der Waals surface area contributed by atoms with Crippen molar-refractivity contribution < 1.29 is 4.73 Å². The van der Waals surface area contributed by atoms with Crippen LogP contribution in [-0.4, -0.2) is 4.98 Å². The average molecular weight is 136 g/mol. The molecule has 1 aromatic rings. The standard InChI is InChI=1S/C7H8N2O/c1-2-3-7-6-8-4-5-9(7)10/h2,4-6H,1,3H2. The lowest BCUT2D eigenvalue weighted by Crippen LogP contribution is -2.30. The lowest BCUT2D eigenvalue weighted by molar-refractivity contribution is -0.614. The van der Waals surface area contributed by atoms with Gasteiger partial charge in [-0.05, 0) is 0 Å². The highest BCUT2D eigenvalue weighted by Gasteiger charge is 1.98. The molecule has 0 radical (unpaired) electrons. The van der Waals surface area contributed by atoms with Crippen molar-refractivity contribution in [2.24, 2.45) is 0 Å². The van der Waals surface area contributed by atoms with Crippen LogP contribution in [0, 0.1) is 5.21 Å². The summed E-state index contributed by atoms with van der Waals surface area (Å²) in [7, 11) is 0. The molecule has 0 saturated heterocycles. The third kappa shape index (κ3) is 1.31. The van der Waals surface area contributed by atoms with Gasteiger partial charge in [0, 0.05) is 0 Å². The Kier molecular flexibility index (Phi) is 1.99. The van der Waals surface area contributed by atoms with Gasteiger partial charge in [-0.15, -0.1) is 6.58 Å². The third-order valence-corrected chi connectivity index (χ3v) is 1.15. The SMILES string of the molecule is C=CCc1cncc[n+]1[O-]. The number of rotatable bonds is 2. The van der Waals surface area contributed by atoms with Crippen molar-refractivity contribution in [1.82, 2.24) is 4.98 Å². The van der Waals surface area contributed by atoms with E-state index in [1.165, 1.54) is 18.6 Å². The summed E-state index contributed by atoms with van der Waals surface area (Å²) in [5, 5.41) is 10.8. The van der Waals surface area contributed by atoms with Gasteiger partial charge in [-0.1, -0.05) is 6.08 Å². The number of nitrogens with zero attached hydrogens (tertiary/aromatic N) is 2. The van der Waals surface area contributed by atoms with Crippen LogP contribution >= 0.6 is 0 Å². The Hall–Kier alpha value is -1.38. The zero-order valence-corrected chi connectivity index (χ0v) is 5.53. The molecule has 0 atom stereocenters. The molecule has 0 fully saturated rings. The fraction of sp³-hybridized carbons (Fsp3) is 0.143. The predicted octanol–water partition coefficient (Wildman–Crippen LogP) is 0.443. The highest BCUT2D eigenvalue weighted by atomic mass is 16.5. The van der Waals surface area contributed by atoms with Crippen molar-refractivity contribution in [3.63, 3.8) is 0 Å². The van der Waals surface area contributed by atoms with E-state index in [1.807, 2.05) is 0 Å². The quantitative estimate of drug-likeness (QED) is 0.336. The maximum absolute atomic E-state index is 10.8. The zero-order valence-electron chi connectivity index (χ0n) is 5.53. The molecule has 1 aromatic heterocycles. The molecule has 0 bridgehead atoms. The van der Waals surface area contributed by atoms with E-state index in [1.54, 1.807) is 6.08 Å². The molecular weight excluding hydrogens is 128 g/mol. The van der Waals surface area contributed by atoms with E-state index in [4.69, 9.17) is 0 Å². The first-order valence-corrected chi connectivity index (χ1v) is 2.97. The Labute approximate surface area is 59.2 Å². The molecular formula is C7H8N2O. The van der Waals surface area contributed by atoms with Crippen LogP contribution in [0.2, 0.25) is 0 Å². The molecule has 1 heterocycles. The highest BCUT2D eigenvalue weighted by Crippen LogP contribution is 1.88. The zero-order chi connectivity index (χ0) is 7.40. The fourth-order valence-electron chi connectivity index (χ4n) is 0.671. The largest absolute Gasteiger partial charge is 0.618 e. The minimum Gasteiger partial charge on any atom is -0.618 e. The molecule has 0 N–H and O–H groups in total. The first-order chi connectivity index (χ1) is 4.84. The van der Waals surface area contributed by atoms with E-state index >= 15 is 0 Å². The summed E-state index contributed by atoms with van der Waals surface area (Å²) < 4.78 is 0.786. The maximum atomic E-state index is 10.8. The van der Waals surface area contributed by atoms with Crippen molar-refractivity contribution in [3.8, 4) is 0 Å². The summed E-state index contributed by atoms with van der Waals surface area (Å²) >= 11 is 0. The minimum atomic E-state index is 0.567. The molecule has 0 amide bonds. The molecule has 0 aliphatic rings. The van der Waals surface area contributed by atoms with Crippen LogP contribution < -0.4 is 4.73 Å². The smallest absolute Gasteiger partial charge is 0.214 e. The second-order valence-corrected chi connectivity index (χ2v) is 1.89. The minimum absolute atomic E-state index is 0.567. The van der Waals surface area contributed by atoms with Crippen LogP contribution in [-0.2, 0) is 6.42 Å². The normalized spacial score (nSPS) is 9.20. The molecule has 0 saturated carbocycles. The third-order valence-electron chi connectivity index (χ3n) is 1.15. The topological polar surface area (TPSA) is 39.8 Å². The van der Waals surface area contributed by atoms with Crippen molar-refractivity contribution in [3.05, 3.63) is 42.1 Å². The van der Waals surface area contributed by atoms with Gasteiger partial charge in [-0.2, -0.15) is 4.73 Å². The van der Waals surface area contributed by atoms with Gasteiger partial charge < -0.3 is 5.21 Å². The van der Waals surface area contributed by atoms with Crippen LogP contribution in [0.15, 0.2) is 31.2 Å². The Morgan fingerprint density at radius 1 is 1.80 bits per heavy atom. The molecule has 3 heteroatoms. The molecule has 52 valence electrons. The van der Waals surface area contributed by atoms with Gasteiger partial charge in [0.25, 0.3) is 0 Å². The molecule has 0 aliphatic heterocycles. The van der Waals surface area contributed by atoms with Gasteiger partial charge in [0.05, 0.1) is 18.8 Å². The highest BCUT2D eigenvalue weighted by molar-refractivity contribution is 4.93. The van der Waals surface area contributed by atoms with E-state index in [0.717, 1.165) is 4.73 Å². The summed E-state index contributed by atoms with van der Waals surface area (Å²) in [6.07, 6.45) is 6.61. The lowest BCUT2D eigenvalue weighted by Gasteiger charge is -1.98. The molecule has 0 spiro atoms. The Morgan fingerprint density at radius 3 is 3.20 bits per heavy atom. The van der Waals surface area contributed by atoms with Crippen molar-refractivity contribution >= 4 is 0 Å². The first kappa shape index (κ1) is 6.74. The molecule has 1 rings (SSSR count). The monoisotopic (exact) mass is 136 g/mol. The molecule has 0 aliphatic carbocycles. The maximum Gasteiger partial charge on any atom is 0.214 e. The first-order valence-electron chi connectivity index (χ1n) is 2.97. The van der Waals surface area contributed by atoms with E-state index in [2.05, 4.69) is 11.6 Å². The van der Waals surface area contributed by atoms with E-state index in [0.29, 0.717) is 12.1 Å². The Bertz CT molecular complexity index is 235. The molecule has 0 unspecified atom stereocenters. The van der Waals surface area contributed by atoms with Crippen molar-refractivity contribution in [2.75, 3.05) is 0 Å². The van der Waals surface area contributed by atoms with Gasteiger partial charge in [-0.25, -0.2) is 0 Å². The Balaban J connectivity index is 2.91. The van der Waals surface area contributed by atoms with E-state index < -0.39 is 0 Å². The second kappa shape index (κ2) is 2.96. The number of hydrogen-bond donors (Lipinski definition) is 0. The van der Waals surface area contributed by atoms with E-state index in [-0.39, 0.29) is 0 Å². The van der Waals surface area contributed by atoms with Gasteiger partial charge in [0.15, 0.2) is 6.20 Å². The summed E-state index contributed by atoms with van der Waals surface area (Å²) in [5.74, 6) is 0. The summed E-state index contributed by atoms with van der Waals surface area (Å²) in [5.41, 5.74) is 0.623. The number of aromatic nitrogens is 2. The summed E-state index contributed by atoms with van der Waals surface area (Å²) in [6.45, 7) is 3.52.